The van der Waals surface area contributed by atoms with Crippen molar-refractivity contribution in [2.24, 2.45) is 0 Å². The summed E-state index contributed by atoms with van der Waals surface area (Å²) < 4.78 is 61.5. The Labute approximate surface area is 240 Å². The summed E-state index contributed by atoms with van der Waals surface area (Å²) in [7, 11) is -5.19. The number of aliphatic carboxylic acids is 2. The highest BCUT2D eigenvalue weighted by Crippen LogP contribution is 2.33. The highest BCUT2D eigenvalue weighted by atomic mass is 32.3. The number of aliphatic hydroxyl groups excluding tert-OH is 7. The molecule has 0 aromatic rings. The number of nitrogens with one attached hydrogen (secondary N) is 1. The highest BCUT2D eigenvalue weighted by Gasteiger charge is 2.55. The van der Waals surface area contributed by atoms with E-state index in [-0.39, 0.29) is 0 Å². The van der Waals surface area contributed by atoms with Crippen LogP contribution in [0.5, 0.6) is 0 Å². The van der Waals surface area contributed by atoms with E-state index in [2.05, 4.69) is 9.50 Å². The average molecular weight is 652 g/mol. The van der Waals surface area contributed by atoms with E-state index in [4.69, 9.17) is 28.2 Å². The molecule has 11 N–H and O–H groups in total. The van der Waals surface area contributed by atoms with Crippen LogP contribution in [0, 0.1) is 0 Å². The minimum atomic E-state index is -5.19. The minimum absolute atomic E-state index is 0.921. The van der Waals surface area contributed by atoms with Crippen LogP contribution in [0.4, 0.5) is 0 Å². The minimum Gasteiger partial charge on any atom is -0.506 e. The van der Waals surface area contributed by atoms with Gasteiger partial charge in [-0.2, -0.15) is 8.42 Å². The van der Waals surface area contributed by atoms with Crippen molar-refractivity contribution in [3.05, 3.63) is 11.5 Å². The summed E-state index contributed by atoms with van der Waals surface area (Å²) in [4.78, 5) is 35.3. The van der Waals surface area contributed by atoms with Gasteiger partial charge in [-0.3, -0.25) is 9.35 Å². The lowest BCUT2D eigenvalue weighted by atomic mass is 9.95. The topological polar surface area (TPSA) is 355 Å². The molecule has 2 saturated heterocycles. The van der Waals surface area contributed by atoms with Gasteiger partial charge >= 0.3 is 22.3 Å². The van der Waals surface area contributed by atoms with Crippen LogP contribution >= 0.6 is 0 Å². The van der Waals surface area contributed by atoms with Gasteiger partial charge < -0.3 is 75.0 Å². The van der Waals surface area contributed by atoms with E-state index in [0.29, 0.717) is 0 Å². The van der Waals surface area contributed by atoms with Crippen molar-refractivity contribution in [3.8, 4) is 0 Å². The number of rotatable bonds is 10. The van der Waals surface area contributed by atoms with Crippen molar-refractivity contribution in [2.45, 2.75) is 86.8 Å². The zero-order valence-corrected chi connectivity index (χ0v) is 22.4. The highest BCUT2D eigenvalue weighted by molar-refractivity contribution is 7.80. The van der Waals surface area contributed by atoms with Gasteiger partial charge in [-0.15, -0.1) is 0 Å². The Hall–Kier alpha value is -2.78. The molecule has 246 valence electrons. The molecule has 0 aliphatic carbocycles. The lowest BCUT2D eigenvalue weighted by molar-refractivity contribution is -0.347. The average Bonchev–Trinajstić information content (AvgIpc) is 2.90. The Morgan fingerprint density at radius 1 is 0.884 bits per heavy atom. The summed E-state index contributed by atoms with van der Waals surface area (Å²) in [5, 5.41) is 92.4. The van der Waals surface area contributed by atoms with Crippen molar-refractivity contribution >= 4 is 28.2 Å². The number of carboxylic acid groups (broad SMARTS) is 2. The summed E-state index contributed by atoms with van der Waals surface area (Å²) in [6.07, 6.45) is -26.0. The smallest absolute Gasteiger partial charge is 0.397 e. The molecular formula is C20H29NO21S. The Morgan fingerprint density at radius 2 is 1.49 bits per heavy atom. The maximum absolute atomic E-state index is 12.1. The fraction of sp³-hybridized carbons (Fsp3) is 0.750. The number of carbonyl (C=O) groups excluding carboxylic acids is 1. The number of ether oxygens (including phenoxy) is 5. The molecule has 2 fully saturated rings. The molecule has 0 radical (unpaired) electrons. The number of aliphatic hydroxyl groups is 7. The zero-order chi connectivity index (χ0) is 32.5. The van der Waals surface area contributed by atoms with Crippen LogP contribution in [0.1, 0.15) is 6.92 Å². The molecule has 0 unspecified atom stereocenters. The third-order valence-electron chi connectivity index (χ3n) is 6.36. The summed E-state index contributed by atoms with van der Waals surface area (Å²) in [6, 6.07) is -1.86. The number of hydrogen-bond donors (Lipinski definition) is 11. The summed E-state index contributed by atoms with van der Waals surface area (Å²) >= 11 is 0. The molecule has 0 bridgehead atoms. The van der Waals surface area contributed by atoms with Gasteiger partial charge in [-0.05, 0) is 0 Å². The quantitative estimate of drug-likeness (QED) is 0.0978. The molecule has 0 aromatic heterocycles. The van der Waals surface area contributed by atoms with Crippen LogP contribution in [-0.2, 0) is 52.7 Å². The third kappa shape index (κ3) is 7.85. The fourth-order valence-corrected chi connectivity index (χ4v) is 4.65. The lowest BCUT2D eigenvalue weighted by Gasteiger charge is -2.48. The van der Waals surface area contributed by atoms with Gasteiger partial charge in [0.2, 0.25) is 18.0 Å². The van der Waals surface area contributed by atoms with Crippen molar-refractivity contribution < 1.29 is 101 Å². The van der Waals surface area contributed by atoms with Gasteiger partial charge in [0.25, 0.3) is 0 Å². The Balaban J connectivity index is 2.03. The Kier molecular flexibility index (Phi) is 10.9. The standard InChI is InChI=1S/C20H29NO21S/c1-3(22)21-5-12(40-20-11(28)7(24)8(25)14(42-20)16(29)30)6(23)4(2-37-43(34,35)36)38-19(5)41-13-9(26)10(27)18(33)39-15(13)17(31)32/h4-7,9-13,15,18-20,23-28,33H,2H2,1H3,(H,21,22)(H,29,30)(H,31,32)(H,34,35,36)/t4-,5-,6+,7+,9-,10-,11-,12-,13+,15+,18-,19+,20-/m1/s1. The van der Waals surface area contributed by atoms with Gasteiger partial charge in [-0.1, -0.05) is 0 Å². The molecule has 3 heterocycles. The molecule has 3 rings (SSSR count). The van der Waals surface area contributed by atoms with E-state index in [9.17, 15) is 68.8 Å². The SMILES string of the molecule is CC(=O)N[C@H]1[C@H](O[C@H]2[C@H](O)[C@@H](O)[C@H](O)O[C@@H]2C(=O)O)O[C@H](COS(=O)(=O)O)[C@H](O)[C@@H]1O[C@@H]1OC(C(=O)O)=C(O)[C@H](O)[C@H]1O. The normalized spacial score (nSPS) is 40.4. The van der Waals surface area contributed by atoms with Crippen LogP contribution in [0.3, 0.4) is 0 Å². The van der Waals surface area contributed by atoms with E-state index in [1.54, 1.807) is 0 Å². The zero-order valence-electron chi connectivity index (χ0n) is 21.6. The number of carbonyl (C=O) groups is 3. The van der Waals surface area contributed by atoms with E-state index in [0.717, 1.165) is 6.92 Å². The van der Waals surface area contributed by atoms with E-state index in [1.165, 1.54) is 0 Å². The van der Waals surface area contributed by atoms with E-state index < -0.39 is 126 Å². The molecular weight excluding hydrogens is 622 g/mol. The fourth-order valence-electron chi connectivity index (χ4n) is 4.34. The molecule has 0 aromatic carbocycles. The number of amides is 1. The molecule has 43 heavy (non-hydrogen) atoms. The molecule has 1 amide bonds. The molecule has 3 aliphatic rings. The predicted molar refractivity (Wildman–Crippen MR) is 124 cm³/mol. The summed E-state index contributed by atoms with van der Waals surface area (Å²) in [6.45, 7) is -0.302. The largest absolute Gasteiger partial charge is 0.506 e. The second kappa shape index (κ2) is 13.5. The van der Waals surface area contributed by atoms with Crippen molar-refractivity contribution in [3.63, 3.8) is 0 Å². The van der Waals surface area contributed by atoms with Gasteiger partial charge in [-0.25, -0.2) is 13.8 Å². The van der Waals surface area contributed by atoms with E-state index >= 15 is 0 Å². The first-order chi connectivity index (χ1) is 19.8. The maximum Gasteiger partial charge on any atom is 0.397 e. The first kappa shape index (κ1) is 34.7. The van der Waals surface area contributed by atoms with Crippen molar-refractivity contribution in [2.75, 3.05) is 6.61 Å². The van der Waals surface area contributed by atoms with Gasteiger partial charge in [0, 0.05) is 6.92 Å². The number of hydrogen-bond acceptors (Lipinski definition) is 18. The van der Waals surface area contributed by atoms with Gasteiger partial charge in [0.1, 0.15) is 54.9 Å². The monoisotopic (exact) mass is 651 g/mol. The predicted octanol–water partition coefficient (Wildman–Crippen LogP) is -6.38. The van der Waals surface area contributed by atoms with Crippen LogP contribution < -0.4 is 5.32 Å². The Bertz CT molecular complexity index is 1190. The van der Waals surface area contributed by atoms with Crippen molar-refractivity contribution in [1.29, 1.82) is 0 Å². The third-order valence-corrected chi connectivity index (χ3v) is 6.79. The van der Waals surface area contributed by atoms with Gasteiger partial charge in [0.05, 0.1) is 6.61 Å². The lowest BCUT2D eigenvalue weighted by Crippen LogP contribution is -2.69. The maximum atomic E-state index is 12.1. The summed E-state index contributed by atoms with van der Waals surface area (Å²) in [5.74, 6) is -7.29. The molecule has 22 nitrogen and oxygen atoms in total. The van der Waals surface area contributed by atoms with Crippen LogP contribution in [0.25, 0.3) is 0 Å². The van der Waals surface area contributed by atoms with E-state index in [1.807, 2.05) is 0 Å². The number of carboxylic acids is 2. The van der Waals surface area contributed by atoms with Crippen LogP contribution in [-0.4, -0.2) is 163 Å². The van der Waals surface area contributed by atoms with Crippen LogP contribution in [0.2, 0.25) is 0 Å². The second-order valence-corrected chi connectivity index (χ2v) is 10.5. The van der Waals surface area contributed by atoms with Crippen LogP contribution in [0.15, 0.2) is 11.5 Å². The molecule has 13 atom stereocenters. The molecule has 23 heteroatoms. The molecule has 0 spiro atoms. The van der Waals surface area contributed by atoms with Crippen molar-refractivity contribution in [1.82, 2.24) is 5.32 Å². The molecule has 3 aliphatic heterocycles. The first-order valence-electron chi connectivity index (χ1n) is 12.0. The first-order valence-corrected chi connectivity index (χ1v) is 13.4. The summed E-state index contributed by atoms with van der Waals surface area (Å²) in [5.41, 5.74) is 0. The Morgan fingerprint density at radius 3 is 2.02 bits per heavy atom. The van der Waals surface area contributed by atoms with Gasteiger partial charge in [0.15, 0.2) is 24.4 Å². The molecule has 0 saturated carbocycles. The second-order valence-electron chi connectivity index (χ2n) is 9.38.